The highest BCUT2D eigenvalue weighted by Crippen LogP contribution is 2.11. The van der Waals surface area contributed by atoms with Crippen LogP contribution in [-0.4, -0.2) is 42.7 Å². The van der Waals surface area contributed by atoms with Crippen molar-refractivity contribution in [1.82, 2.24) is 9.97 Å². The minimum absolute atomic E-state index is 0.0756. The third kappa shape index (κ3) is 5.12. The van der Waals surface area contributed by atoms with E-state index >= 15 is 0 Å². The Labute approximate surface area is 99.3 Å². The number of rotatable bonds is 7. The molecule has 7 heteroatoms. The smallest absolute Gasteiger partial charge is 0.243 e. The van der Waals surface area contributed by atoms with Gasteiger partial charge in [-0.2, -0.15) is 4.98 Å². The molecule has 0 saturated heterocycles. The SMILES string of the molecule is COc1cc(NCCOCC(N)=O)nc(C)n1. The zero-order valence-electron chi connectivity index (χ0n) is 9.90. The summed E-state index contributed by atoms with van der Waals surface area (Å²) in [7, 11) is 1.54. The van der Waals surface area contributed by atoms with Crippen LogP contribution in [0, 0.1) is 6.92 Å². The van der Waals surface area contributed by atoms with Crippen molar-refractivity contribution in [3.63, 3.8) is 0 Å². The third-order valence-electron chi connectivity index (χ3n) is 1.82. The van der Waals surface area contributed by atoms with Crippen LogP contribution in [-0.2, 0) is 9.53 Å². The van der Waals surface area contributed by atoms with Crippen LogP contribution < -0.4 is 15.8 Å². The number of nitrogens with zero attached hydrogens (tertiary/aromatic N) is 2. The highest BCUT2D eigenvalue weighted by atomic mass is 16.5. The van der Waals surface area contributed by atoms with Crippen LogP contribution in [0.4, 0.5) is 5.82 Å². The van der Waals surface area contributed by atoms with Gasteiger partial charge in [0.05, 0.1) is 13.7 Å². The molecule has 1 rings (SSSR count). The van der Waals surface area contributed by atoms with Crippen molar-refractivity contribution >= 4 is 11.7 Å². The van der Waals surface area contributed by atoms with E-state index in [1.54, 1.807) is 20.1 Å². The molecular weight excluding hydrogens is 224 g/mol. The Hall–Kier alpha value is -1.89. The fourth-order valence-electron chi connectivity index (χ4n) is 1.16. The van der Waals surface area contributed by atoms with E-state index in [2.05, 4.69) is 15.3 Å². The van der Waals surface area contributed by atoms with E-state index < -0.39 is 5.91 Å². The summed E-state index contributed by atoms with van der Waals surface area (Å²) in [5.41, 5.74) is 4.92. The van der Waals surface area contributed by atoms with Gasteiger partial charge < -0.3 is 20.5 Å². The van der Waals surface area contributed by atoms with E-state index in [0.717, 1.165) is 0 Å². The number of aryl methyl sites for hydroxylation is 1. The topological polar surface area (TPSA) is 99.4 Å². The van der Waals surface area contributed by atoms with Gasteiger partial charge in [-0.1, -0.05) is 0 Å². The summed E-state index contributed by atoms with van der Waals surface area (Å²) >= 11 is 0. The standard InChI is InChI=1S/C10H16N4O3/c1-7-13-9(5-10(14-7)16-2)12-3-4-17-6-8(11)15/h5H,3-4,6H2,1-2H3,(H2,11,15)(H,12,13,14). The lowest BCUT2D eigenvalue weighted by atomic mass is 10.5. The van der Waals surface area contributed by atoms with Crippen molar-refractivity contribution in [2.45, 2.75) is 6.92 Å². The number of nitrogens with one attached hydrogen (secondary N) is 1. The first-order valence-electron chi connectivity index (χ1n) is 5.11. The van der Waals surface area contributed by atoms with Crippen LogP contribution in [0.25, 0.3) is 0 Å². The second-order valence-electron chi connectivity index (χ2n) is 3.29. The zero-order chi connectivity index (χ0) is 12.7. The lowest BCUT2D eigenvalue weighted by Gasteiger charge is -2.07. The summed E-state index contributed by atoms with van der Waals surface area (Å²) < 4.78 is 10.0. The average Bonchev–Trinajstić information content (AvgIpc) is 2.27. The molecule has 0 spiro atoms. The maximum Gasteiger partial charge on any atom is 0.243 e. The van der Waals surface area contributed by atoms with Crippen molar-refractivity contribution in [2.75, 3.05) is 32.2 Å². The van der Waals surface area contributed by atoms with Gasteiger partial charge >= 0.3 is 0 Å². The van der Waals surface area contributed by atoms with Crippen molar-refractivity contribution in [2.24, 2.45) is 5.73 Å². The summed E-state index contributed by atoms with van der Waals surface area (Å²) in [6.45, 7) is 2.59. The summed E-state index contributed by atoms with van der Waals surface area (Å²) in [4.78, 5) is 18.6. The van der Waals surface area contributed by atoms with E-state index in [4.69, 9.17) is 15.2 Å². The zero-order valence-corrected chi connectivity index (χ0v) is 9.90. The van der Waals surface area contributed by atoms with Gasteiger partial charge in [-0.25, -0.2) is 4.98 Å². The number of carbonyl (C=O) groups excluding carboxylic acids is 1. The van der Waals surface area contributed by atoms with E-state index in [1.807, 2.05) is 0 Å². The monoisotopic (exact) mass is 240 g/mol. The van der Waals surface area contributed by atoms with Gasteiger partial charge in [0.25, 0.3) is 0 Å². The largest absolute Gasteiger partial charge is 0.481 e. The molecule has 0 saturated carbocycles. The molecule has 1 aromatic heterocycles. The first kappa shape index (κ1) is 13.2. The highest BCUT2D eigenvalue weighted by Gasteiger charge is 2.01. The number of primary amides is 1. The molecule has 94 valence electrons. The number of hydrogen-bond acceptors (Lipinski definition) is 6. The molecule has 3 N–H and O–H groups in total. The van der Waals surface area contributed by atoms with E-state index in [9.17, 15) is 4.79 Å². The van der Waals surface area contributed by atoms with Gasteiger partial charge in [0.15, 0.2) is 0 Å². The fourth-order valence-corrected chi connectivity index (χ4v) is 1.16. The Balaban J connectivity index is 2.36. The highest BCUT2D eigenvalue weighted by molar-refractivity contribution is 5.74. The maximum atomic E-state index is 10.4. The van der Waals surface area contributed by atoms with Crippen LogP contribution in [0.15, 0.2) is 6.07 Å². The number of methoxy groups -OCH3 is 1. The van der Waals surface area contributed by atoms with Gasteiger partial charge in [-0.15, -0.1) is 0 Å². The third-order valence-corrected chi connectivity index (χ3v) is 1.82. The number of ether oxygens (including phenoxy) is 2. The molecule has 0 aromatic carbocycles. The average molecular weight is 240 g/mol. The van der Waals surface area contributed by atoms with Crippen molar-refractivity contribution in [1.29, 1.82) is 0 Å². The molecule has 0 aliphatic carbocycles. The molecule has 17 heavy (non-hydrogen) atoms. The molecule has 0 unspecified atom stereocenters. The van der Waals surface area contributed by atoms with Gasteiger partial charge in [0.1, 0.15) is 18.2 Å². The van der Waals surface area contributed by atoms with Gasteiger partial charge in [0.2, 0.25) is 11.8 Å². The Bertz CT molecular complexity index is 384. The molecule has 0 bridgehead atoms. The van der Waals surface area contributed by atoms with E-state index in [1.165, 1.54) is 0 Å². The molecule has 0 aliphatic rings. The van der Waals surface area contributed by atoms with E-state index in [-0.39, 0.29) is 6.61 Å². The summed E-state index contributed by atoms with van der Waals surface area (Å²) in [6.07, 6.45) is 0. The minimum Gasteiger partial charge on any atom is -0.481 e. The molecule has 1 amide bonds. The lowest BCUT2D eigenvalue weighted by molar-refractivity contribution is -0.122. The molecule has 1 heterocycles. The number of carbonyl (C=O) groups is 1. The van der Waals surface area contributed by atoms with Crippen LogP contribution in [0.1, 0.15) is 5.82 Å². The second-order valence-corrected chi connectivity index (χ2v) is 3.29. The first-order chi connectivity index (χ1) is 8.11. The van der Waals surface area contributed by atoms with Crippen molar-refractivity contribution in [3.05, 3.63) is 11.9 Å². The number of nitrogens with two attached hydrogens (primary N) is 1. The quantitative estimate of drug-likeness (QED) is 0.635. The second kappa shape index (κ2) is 6.64. The molecule has 0 aliphatic heterocycles. The molecule has 0 atom stereocenters. The molecule has 1 aromatic rings. The van der Waals surface area contributed by atoms with E-state index in [0.29, 0.717) is 30.7 Å². The summed E-state index contributed by atoms with van der Waals surface area (Å²) in [6, 6.07) is 1.68. The number of anilines is 1. The van der Waals surface area contributed by atoms with Gasteiger partial charge in [-0.05, 0) is 6.92 Å². The normalized spacial score (nSPS) is 10.0. The van der Waals surface area contributed by atoms with Gasteiger partial charge in [0, 0.05) is 12.6 Å². The molecule has 7 nitrogen and oxygen atoms in total. The Kier molecular flexibility index (Phi) is 5.15. The Morgan fingerprint density at radius 1 is 1.53 bits per heavy atom. The number of aromatic nitrogens is 2. The van der Waals surface area contributed by atoms with Crippen LogP contribution in [0.3, 0.4) is 0 Å². The Morgan fingerprint density at radius 2 is 2.29 bits per heavy atom. The minimum atomic E-state index is -0.482. The fraction of sp³-hybridized carbons (Fsp3) is 0.500. The maximum absolute atomic E-state index is 10.4. The van der Waals surface area contributed by atoms with Crippen molar-refractivity contribution in [3.8, 4) is 5.88 Å². The molecule has 0 fully saturated rings. The number of amides is 1. The van der Waals surface area contributed by atoms with Gasteiger partial charge in [-0.3, -0.25) is 4.79 Å². The number of hydrogen-bond donors (Lipinski definition) is 2. The summed E-state index contributed by atoms with van der Waals surface area (Å²) in [5.74, 6) is 1.28. The first-order valence-corrected chi connectivity index (χ1v) is 5.11. The Morgan fingerprint density at radius 3 is 2.94 bits per heavy atom. The molecular formula is C10H16N4O3. The van der Waals surface area contributed by atoms with Crippen LogP contribution >= 0.6 is 0 Å². The predicted octanol–water partition coefficient (Wildman–Crippen LogP) is -0.293. The van der Waals surface area contributed by atoms with Crippen LogP contribution in [0.5, 0.6) is 5.88 Å². The molecule has 0 radical (unpaired) electrons. The van der Waals surface area contributed by atoms with Crippen molar-refractivity contribution < 1.29 is 14.3 Å². The predicted molar refractivity (Wildman–Crippen MR) is 61.8 cm³/mol. The van der Waals surface area contributed by atoms with Crippen LogP contribution in [0.2, 0.25) is 0 Å². The summed E-state index contributed by atoms with van der Waals surface area (Å²) in [5, 5.41) is 3.03. The lowest BCUT2D eigenvalue weighted by Crippen LogP contribution is -2.20.